The minimum Gasteiger partial charge on any atom is -0.497 e. The molecule has 0 radical (unpaired) electrons. The van der Waals surface area contributed by atoms with Gasteiger partial charge in [-0.15, -0.1) is 0 Å². The third-order valence-electron chi connectivity index (χ3n) is 2.48. The fourth-order valence-corrected chi connectivity index (χ4v) is 1.71. The van der Waals surface area contributed by atoms with E-state index in [1.807, 2.05) is 0 Å². The van der Waals surface area contributed by atoms with Crippen LogP contribution in [-0.2, 0) is 0 Å². The second kappa shape index (κ2) is 5.75. The molecule has 1 aromatic heterocycles. The van der Waals surface area contributed by atoms with Crippen LogP contribution in [0.2, 0.25) is 5.02 Å². The third-order valence-corrected chi connectivity index (χ3v) is 2.79. The summed E-state index contributed by atoms with van der Waals surface area (Å²) in [4.78, 5) is 14.7. The second-order valence-electron chi connectivity index (χ2n) is 3.80. The maximum Gasteiger partial charge on any atom is 0.356 e. The average Bonchev–Trinajstić information content (AvgIpc) is 2.43. The maximum atomic E-state index is 13.6. The lowest BCUT2D eigenvalue weighted by Crippen LogP contribution is -2.04. The van der Waals surface area contributed by atoms with Gasteiger partial charge in [0, 0.05) is 6.07 Å². The molecular formula is C13H10ClFN2O3. The summed E-state index contributed by atoms with van der Waals surface area (Å²) in [6.07, 6.45) is 0. The molecule has 0 amide bonds. The zero-order valence-electron chi connectivity index (χ0n) is 10.4. The molecule has 20 heavy (non-hydrogen) atoms. The highest BCUT2D eigenvalue weighted by molar-refractivity contribution is 6.33. The van der Waals surface area contributed by atoms with Crippen molar-refractivity contribution in [3.63, 3.8) is 0 Å². The van der Waals surface area contributed by atoms with Crippen LogP contribution in [-0.4, -0.2) is 23.2 Å². The molecule has 0 aliphatic rings. The number of rotatable bonds is 4. The van der Waals surface area contributed by atoms with Crippen molar-refractivity contribution in [2.24, 2.45) is 0 Å². The molecule has 0 saturated carbocycles. The van der Waals surface area contributed by atoms with E-state index in [9.17, 15) is 9.18 Å². The fourth-order valence-electron chi connectivity index (χ4n) is 1.53. The number of hydrogen-bond acceptors (Lipinski definition) is 4. The molecule has 2 aromatic rings. The van der Waals surface area contributed by atoms with E-state index in [4.69, 9.17) is 21.4 Å². The third kappa shape index (κ3) is 2.97. The predicted octanol–water partition coefficient (Wildman–Crippen LogP) is 3.32. The number of anilines is 2. The monoisotopic (exact) mass is 296 g/mol. The van der Waals surface area contributed by atoms with Gasteiger partial charge < -0.3 is 15.2 Å². The van der Waals surface area contributed by atoms with E-state index in [2.05, 4.69) is 10.3 Å². The van der Waals surface area contributed by atoms with Crippen molar-refractivity contribution in [3.05, 3.63) is 46.9 Å². The van der Waals surface area contributed by atoms with Gasteiger partial charge in [0.1, 0.15) is 17.4 Å². The molecule has 104 valence electrons. The summed E-state index contributed by atoms with van der Waals surface area (Å²) in [7, 11) is 1.46. The van der Waals surface area contributed by atoms with Gasteiger partial charge in [0.15, 0.2) is 5.69 Å². The molecule has 1 aromatic carbocycles. The Hall–Kier alpha value is -2.34. The first-order chi connectivity index (χ1) is 9.51. The Morgan fingerprint density at radius 2 is 2.15 bits per heavy atom. The van der Waals surface area contributed by atoms with Gasteiger partial charge in [-0.1, -0.05) is 11.6 Å². The number of methoxy groups -OCH3 is 1. The number of benzene rings is 1. The lowest BCUT2D eigenvalue weighted by molar-refractivity contribution is 0.0691. The van der Waals surface area contributed by atoms with Crippen LogP contribution in [0.3, 0.4) is 0 Å². The molecule has 2 N–H and O–H groups in total. The van der Waals surface area contributed by atoms with E-state index in [1.165, 1.54) is 37.4 Å². The molecular weight excluding hydrogens is 287 g/mol. The zero-order valence-corrected chi connectivity index (χ0v) is 11.1. The van der Waals surface area contributed by atoms with E-state index in [0.717, 1.165) is 0 Å². The van der Waals surface area contributed by atoms with Gasteiger partial charge in [-0.05, 0) is 24.3 Å². The van der Waals surface area contributed by atoms with Crippen molar-refractivity contribution >= 4 is 29.1 Å². The summed E-state index contributed by atoms with van der Waals surface area (Å²) in [6, 6.07) is 6.96. The topological polar surface area (TPSA) is 71.5 Å². The van der Waals surface area contributed by atoms with Crippen molar-refractivity contribution < 1.29 is 19.0 Å². The zero-order chi connectivity index (χ0) is 14.7. The number of halogens is 2. The average molecular weight is 297 g/mol. The number of carboxylic acids is 1. The van der Waals surface area contributed by atoms with Gasteiger partial charge in [0.25, 0.3) is 0 Å². The minimum atomic E-state index is -1.26. The van der Waals surface area contributed by atoms with E-state index in [1.54, 1.807) is 0 Å². The Kier molecular flexibility index (Phi) is 4.05. The number of nitrogens with zero attached hydrogens (tertiary/aromatic N) is 1. The van der Waals surface area contributed by atoms with Gasteiger partial charge in [-0.3, -0.25) is 0 Å². The molecule has 1 heterocycles. The molecule has 0 aliphatic carbocycles. The highest BCUT2D eigenvalue weighted by Crippen LogP contribution is 2.25. The van der Waals surface area contributed by atoms with Crippen molar-refractivity contribution in [2.75, 3.05) is 12.4 Å². The molecule has 0 atom stereocenters. The highest BCUT2D eigenvalue weighted by Gasteiger charge is 2.12. The molecule has 2 rings (SSSR count). The Labute approximate surface area is 119 Å². The molecule has 0 spiro atoms. The van der Waals surface area contributed by atoms with Crippen molar-refractivity contribution in [1.29, 1.82) is 0 Å². The Morgan fingerprint density at radius 3 is 2.80 bits per heavy atom. The van der Waals surface area contributed by atoms with Gasteiger partial charge in [-0.25, -0.2) is 14.2 Å². The quantitative estimate of drug-likeness (QED) is 0.905. The van der Waals surface area contributed by atoms with Gasteiger partial charge in [0.05, 0.1) is 17.8 Å². The van der Waals surface area contributed by atoms with E-state index >= 15 is 0 Å². The minimum absolute atomic E-state index is 0.00849. The summed E-state index contributed by atoms with van der Waals surface area (Å²) >= 11 is 5.71. The SMILES string of the molecule is COc1ccc(F)c(Nc2ccc(Cl)c(C(=O)O)n2)c1. The van der Waals surface area contributed by atoms with Crippen LogP contribution in [0.25, 0.3) is 0 Å². The number of carbonyl (C=O) groups is 1. The van der Waals surface area contributed by atoms with E-state index in [0.29, 0.717) is 5.75 Å². The number of ether oxygens (including phenoxy) is 1. The molecule has 0 saturated heterocycles. The first-order valence-electron chi connectivity index (χ1n) is 5.51. The van der Waals surface area contributed by atoms with Gasteiger partial charge in [0.2, 0.25) is 0 Å². The number of nitrogens with one attached hydrogen (secondary N) is 1. The number of aromatic nitrogens is 1. The van der Waals surface area contributed by atoms with E-state index < -0.39 is 11.8 Å². The molecule has 5 nitrogen and oxygen atoms in total. The summed E-state index contributed by atoms with van der Waals surface area (Å²) in [5.74, 6) is -1.15. The van der Waals surface area contributed by atoms with Gasteiger partial charge in [-0.2, -0.15) is 0 Å². The van der Waals surface area contributed by atoms with Crippen LogP contribution in [0.1, 0.15) is 10.5 Å². The van der Waals surface area contributed by atoms with Crippen LogP contribution in [0.5, 0.6) is 5.75 Å². The Bertz CT molecular complexity index is 664. The largest absolute Gasteiger partial charge is 0.497 e. The predicted molar refractivity (Wildman–Crippen MR) is 72.4 cm³/mol. The van der Waals surface area contributed by atoms with Crippen LogP contribution in [0, 0.1) is 5.82 Å². The number of carboxylic acid groups (broad SMARTS) is 1. The molecule has 0 bridgehead atoms. The molecule has 0 aliphatic heterocycles. The van der Waals surface area contributed by atoms with Crippen molar-refractivity contribution in [3.8, 4) is 5.75 Å². The molecule has 7 heteroatoms. The molecule has 0 fully saturated rings. The summed E-state index contributed by atoms with van der Waals surface area (Å²) in [5, 5.41) is 11.6. The van der Waals surface area contributed by atoms with Crippen LogP contribution < -0.4 is 10.1 Å². The van der Waals surface area contributed by atoms with Gasteiger partial charge >= 0.3 is 5.97 Å². The second-order valence-corrected chi connectivity index (χ2v) is 4.21. The Morgan fingerprint density at radius 1 is 1.40 bits per heavy atom. The standard InChI is InChI=1S/C13H10ClFN2O3/c1-20-7-2-4-9(15)10(6-7)16-11-5-3-8(14)12(17-11)13(18)19/h2-6H,1H3,(H,16,17)(H,18,19). The van der Waals surface area contributed by atoms with Crippen molar-refractivity contribution in [1.82, 2.24) is 4.98 Å². The number of hydrogen-bond donors (Lipinski definition) is 2. The highest BCUT2D eigenvalue weighted by atomic mass is 35.5. The van der Waals surface area contributed by atoms with E-state index in [-0.39, 0.29) is 22.2 Å². The summed E-state index contributed by atoms with van der Waals surface area (Å²) < 4.78 is 18.6. The fraction of sp³-hybridized carbons (Fsp3) is 0.0769. The summed E-state index contributed by atoms with van der Waals surface area (Å²) in [5.41, 5.74) is -0.185. The van der Waals surface area contributed by atoms with Crippen LogP contribution in [0.4, 0.5) is 15.9 Å². The lowest BCUT2D eigenvalue weighted by atomic mass is 10.2. The van der Waals surface area contributed by atoms with Crippen molar-refractivity contribution in [2.45, 2.75) is 0 Å². The molecule has 0 unspecified atom stereocenters. The maximum absolute atomic E-state index is 13.6. The lowest BCUT2D eigenvalue weighted by Gasteiger charge is -2.09. The summed E-state index contributed by atoms with van der Waals surface area (Å²) in [6.45, 7) is 0. The van der Waals surface area contributed by atoms with Crippen LogP contribution >= 0.6 is 11.6 Å². The first-order valence-corrected chi connectivity index (χ1v) is 5.89. The Balaban J connectivity index is 2.35. The van der Waals surface area contributed by atoms with Crippen LogP contribution in [0.15, 0.2) is 30.3 Å². The smallest absolute Gasteiger partial charge is 0.356 e. The first kappa shape index (κ1) is 14.1. The number of aromatic carboxylic acids is 1. The number of pyridine rings is 1. The normalized spacial score (nSPS) is 10.2.